The van der Waals surface area contributed by atoms with Crippen LogP contribution in [-0.4, -0.2) is 31.6 Å². The van der Waals surface area contributed by atoms with Crippen molar-refractivity contribution in [3.63, 3.8) is 0 Å². The summed E-state index contributed by atoms with van der Waals surface area (Å²) in [5.74, 6) is 1.17. The first kappa shape index (κ1) is 20.3. The van der Waals surface area contributed by atoms with Crippen LogP contribution in [0.1, 0.15) is 32.6 Å². The summed E-state index contributed by atoms with van der Waals surface area (Å²) in [7, 11) is 3.19. The third-order valence-corrected chi connectivity index (χ3v) is 6.70. The van der Waals surface area contributed by atoms with Crippen molar-refractivity contribution >= 4 is 28.2 Å². The Kier molecular flexibility index (Phi) is 5.19. The average molecular weight is 448 g/mol. The molecule has 1 aliphatic rings. The molecule has 0 spiro atoms. The molecule has 3 heterocycles. The van der Waals surface area contributed by atoms with Gasteiger partial charge in [-0.05, 0) is 47.7 Å². The lowest BCUT2D eigenvalue weighted by Crippen LogP contribution is -2.31. The van der Waals surface area contributed by atoms with Crippen molar-refractivity contribution in [1.29, 1.82) is 0 Å². The summed E-state index contributed by atoms with van der Waals surface area (Å²) in [6, 6.07) is 16.2. The molecule has 0 radical (unpaired) electrons. The molecule has 0 saturated carbocycles. The number of rotatable bonds is 6. The van der Waals surface area contributed by atoms with Gasteiger partial charge in [-0.3, -0.25) is 9.59 Å². The van der Waals surface area contributed by atoms with Gasteiger partial charge in [0.25, 0.3) is 5.91 Å². The molecule has 6 nitrogen and oxygen atoms in total. The van der Waals surface area contributed by atoms with Gasteiger partial charge in [0.2, 0.25) is 5.76 Å². The first-order chi connectivity index (χ1) is 15.6. The second kappa shape index (κ2) is 8.16. The summed E-state index contributed by atoms with van der Waals surface area (Å²) in [6.45, 7) is 0.427. The highest BCUT2D eigenvalue weighted by Gasteiger charge is 2.42. The van der Waals surface area contributed by atoms with E-state index in [-0.39, 0.29) is 17.1 Å². The van der Waals surface area contributed by atoms with E-state index < -0.39 is 6.04 Å². The Morgan fingerprint density at radius 1 is 1.00 bits per heavy atom. The molecule has 2 aromatic carbocycles. The molecule has 0 fully saturated rings. The molecule has 1 amide bonds. The van der Waals surface area contributed by atoms with Gasteiger partial charge in [0, 0.05) is 11.4 Å². The fourth-order valence-electron chi connectivity index (χ4n) is 4.23. The number of methoxy groups -OCH3 is 2. The Morgan fingerprint density at radius 2 is 1.81 bits per heavy atom. The Morgan fingerprint density at radius 3 is 2.56 bits per heavy atom. The Balaban J connectivity index is 1.54. The summed E-state index contributed by atoms with van der Waals surface area (Å²) in [6.07, 6.45) is 0.593. The number of fused-ring (bicyclic) bond motifs is 2. The van der Waals surface area contributed by atoms with E-state index >= 15 is 0 Å². The fourth-order valence-corrected chi connectivity index (χ4v) is 5.07. The topological polar surface area (TPSA) is 69.0 Å². The third kappa shape index (κ3) is 3.26. The van der Waals surface area contributed by atoms with Gasteiger partial charge in [-0.2, -0.15) is 0 Å². The summed E-state index contributed by atoms with van der Waals surface area (Å²) in [4.78, 5) is 29.4. The number of carbonyl (C=O) groups is 1. The zero-order valence-corrected chi connectivity index (χ0v) is 18.5. The van der Waals surface area contributed by atoms with E-state index in [0.29, 0.717) is 41.0 Å². The van der Waals surface area contributed by atoms with Gasteiger partial charge in [-0.1, -0.05) is 24.3 Å². The number of ether oxygens (including phenoxy) is 2. The van der Waals surface area contributed by atoms with Crippen molar-refractivity contribution in [2.24, 2.45) is 0 Å². The number of nitrogens with zero attached hydrogens (tertiary/aromatic N) is 1. The summed E-state index contributed by atoms with van der Waals surface area (Å²) >= 11 is 1.53. The summed E-state index contributed by atoms with van der Waals surface area (Å²) in [5, 5.41) is 2.44. The minimum Gasteiger partial charge on any atom is -0.493 e. The second-order valence-electron chi connectivity index (χ2n) is 7.53. The Labute approximate surface area is 188 Å². The molecule has 1 aliphatic heterocycles. The number of hydrogen-bond donors (Lipinski definition) is 0. The quantitative estimate of drug-likeness (QED) is 0.430. The lowest BCUT2D eigenvalue weighted by molar-refractivity contribution is 0.0732. The maximum atomic E-state index is 13.4. The number of amides is 1. The number of carbonyl (C=O) groups excluding carboxylic acids is 1. The van der Waals surface area contributed by atoms with E-state index in [9.17, 15) is 9.59 Å². The highest BCUT2D eigenvalue weighted by Crippen LogP contribution is 2.40. The molecule has 162 valence electrons. The van der Waals surface area contributed by atoms with E-state index in [4.69, 9.17) is 13.9 Å². The number of thiophene rings is 1. The average Bonchev–Trinajstić information content (AvgIpc) is 3.44. The molecule has 32 heavy (non-hydrogen) atoms. The molecule has 0 N–H and O–H groups in total. The first-order valence-electron chi connectivity index (χ1n) is 10.2. The highest BCUT2D eigenvalue weighted by molar-refractivity contribution is 7.10. The first-order valence-corrected chi connectivity index (χ1v) is 11.1. The lowest BCUT2D eigenvalue weighted by atomic mass is 10.0. The number of benzene rings is 2. The third-order valence-electron chi connectivity index (χ3n) is 5.78. The fraction of sp³-hybridized carbons (Fsp3) is 0.200. The summed E-state index contributed by atoms with van der Waals surface area (Å²) in [5.41, 5.74) is 1.70. The largest absolute Gasteiger partial charge is 0.493 e. The summed E-state index contributed by atoms with van der Waals surface area (Å²) < 4.78 is 16.7. The van der Waals surface area contributed by atoms with Gasteiger partial charge in [0.1, 0.15) is 5.58 Å². The van der Waals surface area contributed by atoms with Crippen LogP contribution in [0.4, 0.5) is 0 Å². The van der Waals surface area contributed by atoms with Gasteiger partial charge < -0.3 is 18.8 Å². The predicted octanol–water partition coefficient (Wildman–Crippen LogP) is 4.66. The maximum Gasteiger partial charge on any atom is 0.290 e. The smallest absolute Gasteiger partial charge is 0.290 e. The van der Waals surface area contributed by atoms with E-state index in [1.165, 1.54) is 11.3 Å². The molecule has 0 saturated heterocycles. The van der Waals surface area contributed by atoms with Gasteiger partial charge in [-0.25, -0.2) is 0 Å². The zero-order chi connectivity index (χ0) is 22.2. The van der Waals surface area contributed by atoms with Gasteiger partial charge in [-0.15, -0.1) is 11.3 Å². The molecule has 2 aromatic heterocycles. The molecular formula is C25H21NO5S. The molecule has 1 atom stereocenters. The van der Waals surface area contributed by atoms with Crippen LogP contribution < -0.4 is 14.9 Å². The van der Waals surface area contributed by atoms with Crippen molar-refractivity contribution in [2.45, 2.75) is 12.5 Å². The van der Waals surface area contributed by atoms with Crippen LogP contribution in [0.15, 0.2) is 69.2 Å². The van der Waals surface area contributed by atoms with Crippen LogP contribution in [0.25, 0.3) is 11.0 Å². The Hall–Kier alpha value is -3.58. The lowest BCUT2D eigenvalue weighted by Gasteiger charge is -2.24. The molecule has 4 aromatic rings. The standard InChI is InChI=1S/C25H21NO5S/c1-29-18-10-9-15(14-19(18)30-2)11-12-26-22(20-8-5-13-32-20)21-23(27)16-6-3-4-7-17(16)31-24(21)25(26)28/h3-10,13-14,22H,11-12H2,1-2H3. The second-order valence-corrected chi connectivity index (χ2v) is 8.51. The van der Waals surface area contributed by atoms with Crippen molar-refractivity contribution in [1.82, 2.24) is 4.90 Å². The number of para-hydroxylation sites is 1. The minimum atomic E-state index is -0.460. The van der Waals surface area contributed by atoms with Crippen LogP contribution in [0.5, 0.6) is 11.5 Å². The van der Waals surface area contributed by atoms with Crippen LogP contribution in [-0.2, 0) is 6.42 Å². The van der Waals surface area contributed by atoms with Crippen LogP contribution >= 0.6 is 11.3 Å². The van der Waals surface area contributed by atoms with Crippen molar-refractivity contribution < 1.29 is 18.7 Å². The molecule has 0 bridgehead atoms. The zero-order valence-electron chi connectivity index (χ0n) is 17.7. The van der Waals surface area contributed by atoms with Crippen molar-refractivity contribution in [2.75, 3.05) is 20.8 Å². The molecular weight excluding hydrogens is 426 g/mol. The van der Waals surface area contributed by atoms with E-state index in [1.807, 2.05) is 35.7 Å². The molecule has 5 rings (SSSR count). The van der Waals surface area contributed by atoms with Gasteiger partial charge >= 0.3 is 0 Å². The monoisotopic (exact) mass is 447 g/mol. The predicted molar refractivity (Wildman–Crippen MR) is 123 cm³/mol. The van der Waals surface area contributed by atoms with E-state index in [1.54, 1.807) is 43.4 Å². The van der Waals surface area contributed by atoms with E-state index in [0.717, 1.165) is 10.4 Å². The van der Waals surface area contributed by atoms with Crippen molar-refractivity contribution in [3.8, 4) is 11.5 Å². The number of hydrogen-bond acceptors (Lipinski definition) is 6. The highest BCUT2D eigenvalue weighted by atomic mass is 32.1. The van der Waals surface area contributed by atoms with Crippen molar-refractivity contribution in [3.05, 3.63) is 92.0 Å². The molecule has 1 unspecified atom stereocenters. The minimum absolute atomic E-state index is 0.138. The van der Waals surface area contributed by atoms with Crippen LogP contribution in [0, 0.1) is 0 Å². The van der Waals surface area contributed by atoms with E-state index in [2.05, 4.69) is 0 Å². The normalized spacial score (nSPS) is 15.2. The van der Waals surface area contributed by atoms with Crippen LogP contribution in [0.3, 0.4) is 0 Å². The maximum absolute atomic E-state index is 13.4. The SMILES string of the molecule is COc1ccc(CCN2C(=O)c3oc4ccccc4c(=O)c3C2c2cccs2)cc1OC. The molecule has 0 aliphatic carbocycles. The van der Waals surface area contributed by atoms with Gasteiger partial charge in [0.05, 0.1) is 31.2 Å². The Bertz CT molecular complexity index is 1360. The van der Waals surface area contributed by atoms with Gasteiger partial charge in [0.15, 0.2) is 16.9 Å². The van der Waals surface area contributed by atoms with Crippen LogP contribution in [0.2, 0.25) is 0 Å². The molecule has 7 heteroatoms.